The van der Waals surface area contributed by atoms with E-state index in [1.54, 1.807) is 11.1 Å². The van der Waals surface area contributed by atoms with Gasteiger partial charge in [0, 0.05) is 0 Å². The van der Waals surface area contributed by atoms with E-state index in [1.807, 2.05) is 0 Å². The van der Waals surface area contributed by atoms with E-state index in [-0.39, 0.29) is 0 Å². The fourth-order valence-corrected chi connectivity index (χ4v) is 65.1. The first kappa shape index (κ1) is 29.5. The second-order valence-electron chi connectivity index (χ2n) is 13.7. The van der Waals surface area contributed by atoms with Gasteiger partial charge in [-0.05, 0) is 0 Å². The molecule has 0 nitrogen and oxygen atoms in total. The average molecular weight is 733 g/mol. The van der Waals surface area contributed by atoms with Crippen LogP contribution in [0.5, 0.6) is 0 Å². The maximum atomic E-state index is 2.88. The molecule has 0 heterocycles. The van der Waals surface area contributed by atoms with Gasteiger partial charge in [-0.3, -0.25) is 0 Å². The number of fused-ring (bicyclic) bond motifs is 2. The van der Waals surface area contributed by atoms with Gasteiger partial charge in [0.2, 0.25) is 0 Å². The van der Waals surface area contributed by atoms with E-state index < -0.39 is 22.6 Å². The van der Waals surface area contributed by atoms with Gasteiger partial charge < -0.3 is 0 Å². The number of rotatable bonds is 6. The Morgan fingerprint density at radius 1 is 0.548 bits per heavy atom. The van der Waals surface area contributed by atoms with Crippen LogP contribution in [-0.2, 0) is 17.1 Å². The fourth-order valence-electron chi connectivity index (χ4n) is 8.78. The standard InChI is InChI=1S/2C17H15.C4H10Si.2CH3.Hf/c2*1-12-6-3-9-15(13(12)2)17-11-5-8-14-7-4-10-16(14)17;1-3-5-4-2;;;/h2*3-11H,1-2H3;3-4H2,1-2H3;2*1H3;. The molecule has 0 N–H and O–H groups in total. The van der Waals surface area contributed by atoms with E-state index in [0.29, 0.717) is 7.35 Å². The van der Waals surface area contributed by atoms with Gasteiger partial charge in [0.25, 0.3) is 0 Å². The molecule has 0 amide bonds. The summed E-state index contributed by atoms with van der Waals surface area (Å²) in [7, 11) is 0. The number of hydrogen-bond acceptors (Lipinski definition) is 0. The summed E-state index contributed by atoms with van der Waals surface area (Å²) >= 11 is -3.80. The summed E-state index contributed by atoms with van der Waals surface area (Å²) in [6, 6.07) is 30.6. The van der Waals surface area contributed by atoms with E-state index in [2.05, 4.69) is 148 Å². The van der Waals surface area contributed by atoms with Crippen LogP contribution in [-0.4, -0.2) is 5.49 Å². The van der Waals surface area contributed by atoms with Crippen molar-refractivity contribution in [3.05, 3.63) is 129 Å². The van der Waals surface area contributed by atoms with Gasteiger partial charge in [-0.2, -0.15) is 0 Å². The van der Waals surface area contributed by atoms with Crippen LogP contribution in [0.3, 0.4) is 0 Å². The van der Waals surface area contributed by atoms with Gasteiger partial charge in [0.1, 0.15) is 0 Å². The summed E-state index contributed by atoms with van der Waals surface area (Å²) in [5.41, 5.74) is 16.7. The average Bonchev–Trinajstić information content (AvgIpc) is 3.63. The van der Waals surface area contributed by atoms with Gasteiger partial charge in [0.15, 0.2) is 0 Å². The van der Waals surface area contributed by atoms with Crippen LogP contribution in [0.1, 0.15) is 65.7 Å². The second kappa shape index (κ2) is 10.9. The topological polar surface area (TPSA) is 0 Å². The third-order valence-electron chi connectivity index (χ3n) is 11.5. The van der Waals surface area contributed by atoms with E-state index in [1.165, 1.54) is 67.7 Å². The Kier molecular flexibility index (Phi) is 7.63. The quantitative estimate of drug-likeness (QED) is 0.173. The van der Waals surface area contributed by atoms with Crippen molar-refractivity contribution >= 4 is 17.6 Å². The van der Waals surface area contributed by atoms with Crippen molar-refractivity contribution in [1.29, 1.82) is 0 Å². The van der Waals surface area contributed by atoms with E-state index >= 15 is 0 Å². The number of hydrogen-bond donors (Lipinski definition) is 0. The van der Waals surface area contributed by atoms with Crippen molar-refractivity contribution in [2.45, 2.75) is 70.3 Å². The third kappa shape index (κ3) is 4.31. The van der Waals surface area contributed by atoms with Crippen molar-refractivity contribution in [2.75, 3.05) is 0 Å². The molecule has 6 rings (SSSR count). The Bertz CT molecular complexity index is 1730. The zero-order valence-corrected chi connectivity index (χ0v) is 31.4. The van der Waals surface area contributed by atoms with E-state index in [9.17, 15) is 0 Å². The molecule has 0 fully saturated rings. The Morgan fingerprint density at radius 2 is 0.929 bits per heavy atom. The fraction of sp³-hybridized carbons (Fsp3) is 0.300. The first-order valence-corrected chi connectivity index (χ1v) is 34.5. The van der Waals surface area contributed by atoms with Crippen LogP contribution in [0.25, 0.3) is 34.4 Å². The van der Waals surface area contributed by atoms with Crippen molar-refractivity contribution in [1.82, 2.24) is 0 Å². The first-order chi connectivity index (χ1) is 20.1. The number of allylic oxidation sites excluding steroid dienone is 2. The molecular weight excluding hydrogens is 687 g/mol. The van der Waals surface area contributed by atoms with Crippen molar-refractivity contribution < 1.29 is 17.1 Å². The normalized spacial score (nSPS) is 17.5. The molecule has 0 aliphatic heterocycles. The Labute approximate surface area is 255 Å². The molecular formula is C40H46HfSi. The monoisotopic (exact) mass is 734 g/mol. The summed E-state index contributed by atoms with van der Waals surface area (Å²) < 4.78 is 6.89. The number of benzene rings is 4. The van der Waals surface area contributed by atoms with Crippen LogP contribution in [0.2, 0.25) is 21.4 Å². The van der Waals surface area contributed by atoms with Crippen LogP contribution < -0.4 is 0 Å². The summed E-state index contributed by atoms with van der Waals surface area (Å²) in [4.78, 5) is 0. The predicted octanol–water partition coefficient (Wildman–Crippen LogP) is 11.9. The summed E-state index contributed by atoms with van der Waals surface area (Å²) in [6.07, 6.45) is 10.4. The molecule has 2 unspecified atom stereocenters. The summed E-state index contributed by atoms with van der Waals surface area (Å²) in [5, 5.41) is 0. The molecule has 0 radical (unpaired) electrons. The van der Waals surface area contributed by atoms with Crippen LogP contribution >= 0.6 is 0 Å². The molecule has 0 saturated carbocycles. The minimum atomic E-state index is -3.80. The van der Waals surface area contributed by atoms with Crippen molar-refractivity contribution in [2.24, 2.45) is 0 Å². The molecule has 2 heteroatoms. The van der Waals surface area contributed by atoms with Gasteiger partial charge >= 0.3 is 257 Å². The zero-order chi connectivity index (χ0) is 29.8. The molecule has 0 spiro atoms. The summed E-state index contributed by atoms with van der Waals surface area (Å²) in [5.74, 6) is 0. The van der Waals surface area contributed by atoms with Gasteiger partial charge in [0.05, 0.1) is 0 Å². The maximum absolute atomic E-state index is 3.80. The molecule has 4 aromatic rings. The first-order valence-electron chi connectivity index (χ1n) is 15.9. The van der Waals surface area contributed by atoms with Crippen molar-refractivity contribution in [3.8, 4) is 22.3 Å². The third-order valence-corrected chi connectivity index (χ3v) is 69.6. The molecule has 2 aliphatic carbocycles. The molecule has 2 atom stereocenters. The Balaban J connectivity index is 1.57. The Hall–Kier alpha value is -2.55. The zero-order valence-electron chi connectivity index (χ0n) is 26.8. The second-order valence-corrected chi connectivity index (χ2v) is 60.1. The molecule has 4 aromatic carbocycles. The molecule has 0 saturated heterocycles. The molecule has 214 valence electrons. The number of aryl methyl sites for hydroxylation is 2. The van der Waals surface area contributed by atoms with Gasteiger partial charge in [-0.15, -0.1) is 0 Å². The predicted molar refractivity (Wildman–Crippen MR) is 185 cm³/mol. The van der Waals surface area contributed by atoms with Crippen LogP contribution in [0.4, 0.5) is 0 Å². The molecule has 0 bridgehead atoms. The minimum absolute atomic E-state index is 0.570. The Morgan fingerprint density at radius 3 is 1.33 bits per heavy atom. The molecule has 2 aliphatic rings. The van der Waals surface area contributed by atoms with Crippen LogP contribution in [0.15, 0.2) is 84.9 Å². The summed E-state index contributed by atoms with van der Waals surface area (Å²) in [6.45, 7) is 14.0. The van der Waals surface area contributed by atoms with E-state index in [4.69, 9.17) is 0 Å². The van der Waals surface area contributed by atoms with E-state index in [0.717, 1.165) is 0 Å². The van der Waals surface area contributed by atoms with Crippen LogP contribution in [0, 0.1) is 27.7 Å². The SMILES string of the molecule is CC[Si](CC)=[Hf]([CH3])([CH3])([CH]1C=Cc2c(-c3cccc(C)c3C)cccc21)[CH]1C=Cc2c(-c3cccc(C)c3C)cccc21. The van der Waals surface area contributed by atoms with Crippen molar-refractivity contribution in [3.63, 3.8) is 0 Å². The van der Waals surface area contributed by atoms with Gasteiger partial charge in [-0.25, -0.2) is 0 Å². The van der Waals surface area contributed by atoms with Gasteiger partial charge in [-0.1, -0.05) is 0 Å². The molecule has 0 aromatic heterocycles. The molecule has 42 heavy (non-hydrogen) atoms.